The van der Waals surface area contributed by atoms with Gasteiger partial charge in [-0.1, -0.05) is 53.5 Å². The van der Waals surface area contributed by atoms with Crippen molar-refractivity contribution in [3.8, 4) is 0 Å². The summed E-state index contributed by atoms with van der Waals surface area (Å²) in [5, 5.41) is 6.60. The summed E-state index contributed by atoms with van der Waals surface area (Å²) in [5.41, 5.74) is -2.18. The summed E-state index contributed by atoms with van der Waals surface area (Å²) in [6.45, 7) is -14.5. The predicted molar refractivity (Wildman–Crippen MR) is 144 cm³/mol. The molecule has 1 unspecified atom stereocenters. The van der Waals surface area contributed by atoms with Crippen molar-refractivity contribution in [2.75, 3.05) is 6.54 Å². The van der Waals surface area contributed by atoms with Crippen LogP contribution in [0.4, 0.5) is 4.79 Å². The van der Waals surface area contributed by atoms with Gasteiger partial charge in [-0.25, -0.2) is 4.79 Å². The normalized spacial score (nSPS) is 34.6. The lowest BCUT2D eigenvalue weighted by molar-refractivity contribution is -0.144. The molecule has 38 heavy (non-hydrogen) atoms. The summed E-state index contributed by atoms with van der Waals surface area (Å²) in [6, 6.07) is -8.53. The number of hydrogen-bond donors (Lipinski definition) is 4. The van der Waals surface area contributed by atoms with Crippen LogP contribution in [0, 0.1) is 28.6 Å². The fraction of sp³-hybridized carbons (Fsp3) is 0.821. The van der Waals surface area contributed by atoms with E-state index in [0.29, 0.717) is 24.2 Å². The number of nitrogens with zero attached hydrogens (tertiary/aromatic N) is 1. The zero-order valence-electron chi connectivity index (χ0n) is 37.7. The molecule has 0 aromatic rings. The number of likely N-dealkylation sites (tertiary alicyclic amines) is 1. The number of fused-ring (bicyclic) bond motifs is 1. The maximum Gasteiger partial charge on any atom is 0.315 e. The van der Waals surface area contributed by atoms with Gasteiger partial charge in [0, 0.05) is 32.6 Å². The Bertz CT molecular complexity index is 1460. The summed E-state index contributed by atoms with van der Waals surface area (Å²) in [6.07, 6.45) is -0.333. The highest BCUT2D eigenvalue weighted by molar-refractivity contribution is 6.37. The van der Waals surface area contributed by atoms with Gasteiger partial charge in [-0.2, -0.15) is 0 Å². The van der Waals surface area contributed by atoms with E-state index in [9.17, 15) is 24.0 Å². The number of rotatable bonds is 9. The number of primary amides is 1. The number of hydrogen-bond acceptors (Lipinski definition) is 5. The Morgan fingerprint density at radius 1 is 1.11 bits per heavy atom. The van der Waals surface area contributed by atoms with E-state index in [-0.39, 0.29) is 5.92 Å². The number of nitrogens with one attached hydrogen (secondary N) is 3. The second kappa shape index (κ2) is 10.5. The van der Waals surface area contributed by atoms with Crippen LogP contribution in [-0.4, -0.2) is 64.6 Å². The van der Waals surface area contributed by atoms with Crippen molar-refractivity contribution in [3.63, 3.8) is 0 Å². The van der Waals surface area contributed by atoms with Gasteiger partial charge in [-0.05, 0) is 62.2 Å². The van der Waals surface area contributed by atoms with E-state index in [0.717, 1.165) is 0 Å². The van der Waals surface area contributed by atoms with E-state index >= 15 is 0 Å². The van der Waals surface area contributed by atoms with Gasteiger partial charge in [0.1, 0.15) is 12.1 Å². The van der Waals surface area contributed by atoms with Crippen LogP contribution < -0.4 is 21.7 Å². The highest BCUT2D eigenvalue weighted by Gasteiger charge is 2.69. The number of urea groups is 1. The maximum absolute atomic E-state index is 14.6. The topological polar surface area (TPSA) is 151 Å². The van der Waals surface area contributed by atoms with Crippen molar-refractivity contribution < 1.29 is 45.9 Å². The molecule has 10 heteroatoms. The minimum Gasteiger partial charge on any atom is -0.363 e. The molecular formula is C28H47N5O5. The molecule has 5 amide bonds. The molecule has 5 N–H and O–H groups in total. The van der Waals surface area contributed by atoms with E-state index < -0.39 is 129 Å². The van der Waals surface area contributed by atoms with Crippen LogP contribution in [0.3, 0.4) is 0 Å². The van der Waals surface area contributed by atoms with Gasteiger partial charge in [0.15, 0.2) is 0 Å². The maximum atomic E-state index is 14.6. The molecule has 3 aliphatic rings. The number of Topliss-reactive ketones (excluding diaryl/α,β-unsaturated/α-hetero) is 1. The summed E-state index contributed by atoms with van der Waals surface area (Å²) < 4.78 is 131. The van der Waals surface area contributed by atoms with Gasteiger partial charge in [0.25, 0.3) is 5.91 Å². The third-order valence-corrected chi connectivity index (χ3v) is 7.15. The van der Waals surface area contributed by atoms with Crippen LogP contribution in [0.1, 0.15) is 109 Å². The number of ketones is 1. The number of carbonyl (C=O) groups is 5. The van der Waals surface area contributed by atoms with Gasteiger partial charge in [0.2, 0.25) is 17.6 Å². The molecule has 0 aromatic heterocycles. The minimum absolute atomic E-state index is 0.340. The lowest BCUT2D eigenvalue weighted by Crippen LogP contribution is -2.60. The molecule has 1 heterocycles. The smallest absolute Gasteiger partial charge is 0.315 e. The number of nitrogens with two attached hydrogens (primary N) is 1. The van der Waals surface area contributed by atoms with Crippen LogP contribution in [0.2, 0.25) is 0 Å². The zero-order valence-corrected chi connectivity index (χ0v) is 21.7. The molecule has 2 saturated carbocycles. The van der Waals surface area contributed by atoms with E-state index in [1.807, 2.05) is 0 Å². The van der Waals surface area contributed by atoms with Crippen molar-refractivity contribution in [3.05, 3.63) is 0 Å². The SMILES string of the molecule is [2H]C(CC1CCC1)(NC(=O)[C@@H]1[C@@H]2[C@H](CN1C(=O)[C@H](CC(C([2H])([2H])[2H])(C([2H])([2H])[2H])C([2H])([2H])[2H])NC(=O)NC(C)(C)C)C2(C([2H])([2H])[2H])C([2H])([2H])[2H])C(=O)C(N)=O. The quantitative estimate of drug-likeness (QED) is 0.325. The number of piperidine rings is 1. The second-order valence-electron chi connectivity index (χ2n) is 11.6. The third kappa shape index (κ3) is 6.86. The molecule has 214 valence electrons. The summed E-state index contributed by atoms with van der Waals surface area (Å²) >= 11 is 0. The summed E-state index contributed by atoms with van der Waals surface area (Å²) in [4.78, 5) is 67.7. The Hall–Kier alpha value is -2.65. The highest BCUT2D eigenvalue weighted by atomic mass is 16.2. The van der Waals surface area contributed by atoms with E-state index in [2.05, 4.69) is 16.0 Å². The molecule has 0 bridgehead atoms. The van der Waals surface area contributed by atoms with Crippen LogP contribution >= 0.6 is 0 Å². The molecule has 0 spiro atoms. The van der Waals surface area contributed by atoms with Crippen molar-refractivity contribution in [2.24, 2.45) is 34.3 Å². The highest BCUT2D eigenvalue weighted by Crippen LogP contribution is 2.65. The zero-order chi connectivity index (χ0) is 42.2. The van der Waals surface area contributed by atoms with Gasteiger partial charge >= 0.3 is 6.03 Å². The van der Waals surface area contributed by atoms with Crippen molar-refractivity contribution in [1.29, 1.82) is 0 Å². The molecule has 2 aliphatic carbocycles. The molecule has 5 atom stereocenters. The van der Waals surface area contributed by atoms with Crippen molar-refractivity contribution >= 4 is 29.5 Å². The summed E-state index contributed by atoms with van der Waals surface area (Å²) in [7, 11) is 0. The average molecular weight is 550 g/mol. The van der Waals surface area contributed by atoms with E-state index in [1.54, 1.807) is 0 Å². The van der Waals surface area contributed by atoms with Gasteiger partial charge in [0.05, 0.1) is 7.39 Å². The predicted octanol–water partition coefficient (Wildman–Crippen LogP) is 2.10. The fourth-order valence-corrected chi connectivity index (χ4v) is 5.07. The lowest BCUT2D eigenvalue weighted by Gasteiger charge is -2.36. The Kier molecular flexibility index (Phi) is 4.05. The average Bonchev–Trinajstić information content (AvgIpc) is 3.43. The van der Waals surface area contributed by atoms with Gasteiger partial charge < -0.3 is 26.6 Å². The molecule has 0 radical (unpaired) electrons. The van der Waals surface area contributed by atoms with E-state index in [4.69, 9.17) is 27.7 Å². The molecule has 1 saturated heterocycles. The Balaban J connectivity index is 2.26. The van der Waals surface area contributed by atoms with Crippen LogP contribution in [-0.2, 0) is 19.2 Å². The first-order valence-electron chi connectivity index (χ1n) is 20.5. The van der Waals surface area contributed by atoms with Crippen molar-refractivity contribution in [1.82, 2.24) is 20.9 Å². The standard InChI is InChI=1S/C28H47N5O5/c1-26(2,3)13-18(31-25(38)32-27(4,5)6)24(37)33-14-16-19(28(16,7)8)20(33)23(36)30-17(21(34)22(29)35)12-15-10-9-11-15/h15-20H,9-14H2,1-8H3,(H2,29,35)(H,30,36)(H2,31,32,38)/t16-,17?,18-,19-,20-/m0/s1/i1D3,2D3,3D3,7D3,8D3,17D. The molecule has 0 aromatic carbocycles. The lowest BCUT2D eigenvalue weighted by atomic mass is 9.80. The summed E-state index contributed by atoms with van der Waals surface area (Å²) in [5.74, 6) is -9.75. The third-order valence-electron chi connectivity index (χ3n) is 7.15. The largest absolute Gasteiger partial charge is 0.363 e. The van der Waals surface area contributed by atoms with Gasteiger partial charge in [-0.15, -0.1) is 0 Å². The Morgan fingerprint density at radius 2 is 1.76 bits per heavy atom. The molecule has 3 fully saturated rings. The Morgan fingerprint density at radius 3 is 2.26 bits per heavy atom. The first kappa shape index (κ1) is 14.7. The minimum atomic E-state index is -3.85. The molecule has 3 rings (SSSR count). The molecule has 1 aliphatic heterocycles. The fourth-order valence-electron chi connectivity index (χ4n) is 5.07. The second-order valence-corrected chi connectivity index (χ2v) is 11.6. The number of carbonyl (C=O) groups excluding carboxylic acids is 5. The van der Waals surface area contributed by atoms with E-state index in [1.165, 1.54) is 20.8 Å². The monoisotopic (exact) mass is 549 g/mol. The first-order valence-corrected chi connectivity index (χ1v) is 12.5. The van der Waals surface area contributed by atoms with Crippen molar-refractivity contribution in [2.45, 2.75) is 111 Å². The molecule has 10 nitrogen and oxygen atoms in total. The van der Waals surface area contributed by atoms with Crippen LogP contribution in [0.25, 0.3) is 0 Å². The Labute approximate surface area is 249 Å². The first-order chi connectivity index (χ1) is 23.9. The van der Waals surface area contributed by atoms with Gasteiger partial charge in [-0.3, -0.25) is 19.2 Å². The molecular weight excluding hydrogens is 486 g/mol. The number of amides is 5. The van der Waals surface area contributed by atoms with Crippen LogP contribution in [0.15, 0.2) is 0 Å². The van der Waals surface area contributed by atoms with Crippen LogP contribution in [0.5, 0.6) is 0 Å².